The van der Waals surface area contributed by atoms with Crippen molar-refractivity contribution < 1.29 is 9.59 Å². The van der Waals surface area contributed by atoms with Gasteiger partial charge in [0.05, 0.1) is 16.6 Å². The Morgan fingerprint density at radius 3 is 2.26 bits per heavy atom. The van der Waals surface area contributed by atoms with Gasteiger partial charge in [0, 0.05) is 31.7 Å². The van der Waals surface area contributed by atoms with Gasteiger partial charge in [-0.15, -0.1) is 21.5 Å². The molecule has 0 aliphatic carbocycles. The van der Waals surface area contributed by atoms with E-state index in [2.05, 4.69) is 46.3 Å². The molecule has 2 aromatic heterocycles. The topological polar surface area (TPSA) is 69.6 Å². The lowest BCUT2D eigenvalue weighted by Crippen LogP contribution is -2.52. The summed E-state index contributed by atoms with van der Waals surface area (Å²) in [6.45, 7) is 6.55. The van der Waals surface area contributed by atoms with E-state index in [0.29, 0.717) is 31.1 Å². The molecular weight excluding hydrogens is 494 g/mol. The molecule has 1 saturated heterocycles. The molecule has 0 spiro atoms. The number of benzene rings is 2. The van der Waals surface area contributed by atoms with E-state index in [-0.39, 0.29) is 24.4 Å². The van der Waals surface area contributed by atoms with Crippen LogP contribution in [-0.2, 0) is 4.79 Å². The van der Waals surface area contributed by atoms with Crippen molar-refractivity contribution in [3.05, 3.63) is 100 Å². The first kappa shape index (κ1) is 25.6. The third-order valence-corrected chi connectivity index (χ3v) is 7.86. The number of hydrogen-bond donors (Lipinski definition) is 0. The predicted molar refractivity (Wildman–Crippen MR) is 151 cm³/mol. The van der Waals surface area contributed by atoms with Crippen molar-refractivity contribution in [2.45, 2.75) is 19.9 Å². The Hall–Kier alpha value is -4.04. The summed E-state index contributed by atoms with van der Waals surface area (Å²) in [5.74, 6) is 0.644. The van der Waals surface area contributed by atoms with Crippen LogP contribution in [0.2, 0.25) is 0 Å². The number of carbonyl (C=O) groups is 2. The fraction of sp³-hybridized carbons (Fsp3) is 0.267. The van der Waals surface area contributed by atoms with E-state index in [9.17, 15) is 9.59 Å². The number of aromatic nitrogens is 2. The van der Waals surface area contributed by atoms with Crippen molar-refractivity contribution >= 4 is 29.0 Å². The number of rotatable bonds is 7. The molecule has 1 aliphatic heterocycles. The largest absolute Gasteiger partial charge is 0.352 e. The summed E-state index contributed by atoms with van der Waals surface area (Å²) in [6, 6.07) is 25.5. The van der Waals surface area contributed by atoms with Crippen molar-refractivity contribution in [1.82, 2.24) is 20.0 Å². The Labute approximate surface area is 227 Å². The van der Waals surface area contributed by atoms with E-state index in [4.69, 9.17) is 0 Å². The van der Waals surface area contributed by atoms with Gasteiger partial charge in [-0.3, -0.25) is 9.59 Å². The highest BCUT2D eigenvalue weighted by molar-refractivity contribution is 7.12. The molecular formula is C30H31N5O2S. The molecule has 3 heterocycles. The number of anilines is 1. The van der Waals surface area contributed by atoms with Crippen LogP contribution >= 0.6 is 11.3 Å². The summed E-state index contributed by atoms with van der Waals surface area (Å²) in [6.07, 6.45) is 0. The van der Waals surface area contributed by atoms with Crippen molar-refractivity contribution in [3.63, 3.8) is 0 Å². The molecule has 38 heavy (non-hydrogen) atoms. The average molecular weight is 526 g/mol. The van der Waals surface area contributed by atoms with Gasteiger partial charge in [-0.1, -0.05) is 66.2 Å². The van der Waals surface area contributed by atoms with Crippen molar-refractivity contribution in [3.8, 4) is 11.3 Å². The molecule has 1 aliphatic rings. The van der Waals surface area contributed by atoms with E-state index in [0.717, 1.165) is 22.6 Å². The Morgan fingerprint density at radius 1 is 0.895 bits per heavy atom. The van der Waals surface area contributed by atoms with E-state index >= 15 is 0 Å². The normalized spacial score (nSPS) is 14.3. The summed E-state index contributed by atoms with van der Waals surface area (Å²) in [5.41, 5.74) is 4.09. The third kappa shape index (κ3) is 5.75. The lowest BCUT2D eigenvalue weighted by molar-refractivity contribution is -0.132. The minimum Gasteiger partial charge on any atom is -0.352 e. The van der Waals surface area contributed by atoms with E-state index in [1.807, 2.05) is 71.8 Å². The summed E-state index contributed by atoms with van der Waals surface area (Å²) in [4.78, 5) is 33.1. The Morgan fingerprint density at radius 2 is 1.63 bits per heavy atom. The molecule has 4 aromatic rings. The monoisotopic (exact) mass is 525 g/mol. The summed E-state index contributed by atoms with van der Waals surface area (Å²) in [5, 5.41) is 10.8. The zero-order valence-electron chi connectivity index (χ0n) is 21.7. The molecule has 7 nitrogen and oxygen atoms in total. The summed E-state index contributed by atoms with van der Waals surface area (Å²) >= 11 is 1.40. The number of carbonyl (C=O) groups excluding carboxylic acids is 2. The van der Waals surface area contributed by atoms with Crippen LogP contribution in [0.1, 0.15) is 33.8 Å². The zero-order chi connectivity index (χ0) is 26.5. The fourth-order valence-electron chi connectivity index (χ4n) is 4.64. The molecule has 194 valence electrons. The van der Waals surface area contributed by atoms with Crippen LogP contribution in [0.25, 0.3) is 11.3 Å². The second-order valence-corrected chi connectivity index (χ2v) is 10.5. The van der Waals surface area contributed by atoms with Crippen LogP contribution in [0.4, 0.5) is 5.82 Å². The number of thiophene rings is 1. The second-order valence-electron chi connectivity index (χ2n) is 9.51. The molecule has 0 unspecified atom stereocenters. The van der Waals surface area contributed by atoms with Gasteiger partial charge in [0.2, 0.25) is 5.91 Å². The maximum atomic E-state index is 13.4. The van der Waals surface area contributed by atoms with Gasteiger partial charge in [0.1, 0.15) is 6.54 Å². The zero-order valence-corrected chi connectivity index (χ0v) is 22.5. The first-order chi connectivity index (χ1) is 18.5. The minimum absolute atomic E-state index is 0.0395. The molecule has 8 heteroatoms. The molecule has 5 rings (SSSR count). The predicted octanol–water partition coefficient (Wildman–Crippen LogP) is 5.07. The molecule has 0 radical (unpaired) electrons. The first-order valence-corrected chi connectivity index (χ1v) is 13.7. The third-order valence-electron chi connectivity index (χ3n) is 7.00. The van der Waals surface area contributed by atoms with E-state index in [1.54, 1.807) is 4.90 Å². The van der Waals surface area contributed by atoms with E-state index < -0.39 is 0 Å². The Balaban J connectivity index is 1.22. The van der Waals surface area contributed by atoms with Crippen LogP contribution < -0.4 is 4.90 Å². The maximum absolute atomic E-state index is 13.4. The van der Waals surface area contributed by atoms with Gasteiger partial charge in [0.25, 0.3) is 5.91 Å². The highest BCUT2D eigenvalue weighted by Crippen LogP contribution is 2.25. The van der Waals surface area contributed by atoms with Crippen molar-refractivity contribution in [2.75, 3.05) is 37.6 Å². The second kappa shape index (κ2) is 11.6. The number of hydrogen-bond acceptors (Lipinski definition) is 6. The van der Waals surface area contributed by atoms with Gasteiger partial charge in [0.15, 0.2) is 5.82 Å². The fourth-order valence-corrected chi connectivity index (χ4v) is 5.32. The van der Waals surface area contributed by atoms with Crippen LogP contribution in [0.3, 0.4) is 0 Å². The minimum atomic E-state index is -0.224. The molecule has 2 aromatic carbocycles. The molecule has 1 fully saturated rings. The summed E-state index contributed by atoms with van der Waals surface area (Å²) in [7, 11) is 0. The van der Waals surface area contributed by atoms with Gasteiger partial charge < -0.3 is 14.7 Å². The lowest BCUT2D eigenvalue weighted by Gasteiger charge is -2.37. The Bertz CT molecular complexity index is 1350. The van der Waals surface area contributed by atoms with Crippen LogP contribution in [0.15, 0.2) is 84.2 Å². The van der Waals surface area contributed by atoms with Gasteiger partial charge in [-0.25, -0.2) is 0 Å². The van der Waals surface area contributed by atoms with Crippen LogP contribution in [-0.4, -0.2) is 64.5 Å². The smallest absolute Gasteiger partial charge is 0.264 e. The molecule has 0 saturated carbocycles. The van der Waals surface area contributed by atoms with Gasteiger partial charge in [-0.05, 0) is 43.0 Å². The average Bonchev–Trinajstić information content (AvgIpc) is 3.51. The quantitative estimate of drug-likeness (QED) is 0.337. The highest BCUT2D eigenvalue weighted by Gasteiger charge is 2.29. The number of aryl methyl sites for hydroxylation is 1. The summed E-state index contributed by atoms with van der Waals surface area (Å²) < 4.78 is 0. The number of piperazine rings is 1. The van der Waals surface area contributed by atoms with Crippen molar-refractivity contribution in [1.29, 1.82) is 0 Å². The van der Waals surface area contributed by atoms with Gasteiger partial charge in [-0.2, -0.15) is 0 Å². The van der Waals surface area contributed by atoms with Gasteiger partial charge >= 0.3 is 0 Å². The highest BCUT2D eigenvalue weighted by atomic mass is 32.1. The molecule has 2 amide bonds. The SMILES string of the molecule is Cc1ccc(-c2ccc(N3CCN(C(=O)CN(C(=O)c4cccs4)[C@@H](C)c4ccccc4)CC3)nn2)cc1. The Kier molecular flexibility index (Phi) is 7.79. The van der Waals surface area contributed by atoms with E-state index in [1.165, 1.54) is 16.9 Å². The lowest BCUT2D eigenvalue weighted by atomic mass is 10.1. The standard InChI is InChI=1S/C30H31N5O2S/c1-22-10-12-25(13-11-22)26-14-15-28(32-31-26)33-16-18-34(19-17-33)29(36)21-35(30(37)27-9-6-20-38-27)23(2)24-7-4-3-5-8-24/h3-15,20,23H,16-19,21H2,1-2H3/t23-/m0/s1. The van der Waals surface area contributed by atoms with Crippen LogP contribution in [0.5, 0.6) is 0 Å². The number of nitrogens with zero attached hydrogens (tertiary/aromatic N) is 5. The first-order valence-electron chi connectivity index (χ1n) is 12.8. The van der Waals surface area contributed by atoms with Crippen molar-refractivity contribution in [2.24, 2.45) is 0 Å². The van der Waals surface area contributed by atoms with Crippen LogP contribution in [0, 0.1) is 6.92 Å². The molecule has 0 bridgehead atoms. The maximum Gasteiger partial charge on any atom is 0.264 e. The molecule has 1 atom stereocenters. The number of amides is 2. The molecule has 0 N–H and O–H groups in total.